The molecule has 4 rings (SSSR count). The summed E-state index contributed by atoms with van der Waals surface area (Å²) < 4.78 is 3.44. The molecule has 0 spiro atoms. The molecular weight excluding hydrogens is 336 g/mol. The number of aromatic nitrogens is 2. The number of aryl methyl sites for hydroxylation is 4. The molecule has 0 radical (unpaired) electrons. The van der Waals surface area contributed by atoms with Gasteiger partial charge in [-0.1, -0.05) is 40.7 Å². The Balaban J connectivity index is 1.89. The Kier molecular flexibility index (Phi) is 4.12. The van der Waals surface area contributed by atoms with Crippen LogP contribution in [-0.2, 0) is 7.05 Å². The molecule has 0 aliphatic carbocycles. The number of hydrogen-bond donors (Lipinski definition) is 0. The first-order valence-electron chi connectivity index (χ1n) is 8.89. The van der Waals surface area contributed by atoms with E-state index >= 15 is 0 Å². The average Bonchev–Trinajstić information content (AvgIpc) is 3.04. The summed E-state index contributed by atoms with van der Waals surface area (Å²) in [5.74, 6) is 0. The maximum Gasteiger partial charge on any atom is 0.342 e. The van der Waals surface area contributed by atoms with Gasteiger partial charge in [-0.2, -0.15) is 0 Å². The Morgan fingerprint density at radius 3 is 2.31 bits per heavy atom. The van der Waals surface area contributed by atoms with Crippen molar-refractivity contribution in [3.05, 3.63) is 70.8 Å². The third-order valence-corrected chi connectivity index (χ3v) is 6.15. The number of pyridine rings is 1. The van der Waals surface area contributed by atoms with E-state index in [-0.39, 0.29) is 0 Å². The van der Waals surface area contributed by atoms with Gasteiger partial charge in [0, 0.05) is 11.1 Å². The van der Waals surface area contributed by atoms with E-state index < -0.39 is 0 Å². The van der Waals surface area contributed by atoms with E-state index in [0.717, 1.165) is 10.7 Å². The van der Waals surface area contributed by atoms with Gasteiger partial charge < -0.3 is 0 Å². The van der Waals surface area contributed by atoms with Gasteiger partial charge in [0.25, 0.3) is 0 Å². The third-order valence-electron chi connectivity index (χ3n) is 5.09. The molecule has 0 fully saturated rings. The maximum absolute atomic E-state index is 4.95. The zero-order chi connectivity index (χ0) is 18.4. The summed E-state index contributed by atoms with van der Waals surface area (Å²) in [4.78, 5) is 4.95. The molecule has 2 heterocycles. The molecule has 3 heteroatoms. The Morgan fingerprint density at radius 1 is 0.846 bits per heavy atom. The van der Waals surface area contributed by atoms with Gasteiger partial charge in [0.15, 0.2) is 0 Å². The first-order chi connectivity index (χ1) is 12.4. The van der Waals surface area contributed by atoms with Crippen molar-refractivity contribution in [1.29, 1.82) is 0 Å². The van der Waals surface area contributed by atoms with Crippen molar-refractivity contribution in [3.63, 3.8) is 0 Å². The van der Waals surface area contributed by atoms with Crippen LogP contribution in [0.25, 0.3) is 32.2 Å². The smallest absolute Gasteiger partial charge is 0.225 e. The minimum absolute atomic E-state index is 1.04. The average molecular weight is 360 g/mol. The second-order valence-corrected chi connectivity index (χ2v) is 8.14. The van der Waals surface area contributed by atoms with E-state index in [9.17, 15) is 0 Å². The van der Waals surface area contributed by atoms with E-state index in [1.165, 1.54) is 43.8 Å². The fraction of sp³-hybridized carbons (Fsp3) is 0.217. The maximum atomic E-state index is 4.95. The van der Waals surface area contributed by atoms with Crippen LogP contribution in [0.2, 0.25) is 0 Å². The molecule has 2 aromatic carbocycles. The van der Waals surface area contributed by atoms with Crippen molar-refractivity contribution in [2.45, 2.75) is 27.7 Å². The van der Waals surface area contributed by atoms with Gasteiger partial charge in [-0.15, -0.1) is 0 Å². The van der Waals surface area contributed by atoms with Gasteiger partial charge in [0.1, 0.15) is 10.4 Å². The molecule has 0 unspecified atom stereocenters. The lowest BCUT2D eigenvalue weighted by atomic mass is 9.97. The number of rotatable bonds is 2. The van der Waals surface area contributed by atoms with E-state index in [0.29, 0.717) is 0 Å². The van der Waals surface area contributed by atoms with Crippen molar-refractivity contribution < 1.29 is 4.57 Å². The lowest BCUT2D eigenvalue weighted by Crippen LogP contribution is -2.32. The first-order valence-corrected chi connectivity index (χ1v) is 9.70. The lowest BCUT2D eigenvalue weighted by molar-refractivity contribution is -0.635. The van der Waals surface area contributed by atoms with Crippen molar-refractivity contribution in [1.82, 2.24) is 4.98 Å². The van der Waals surface area contributed by atoms with E-state index in [4.69, 9.17) is 4.98 Å². The first kappa shape index (κ1) is 16.9. The van der Waals surface area contributed by atoms with E-state index in [2.05, 4.69) is 87.8 Å². The monoisotopic (exact) mass is 359 g/mol. The van der Waals surface area contributed by atoms with Gasteiger partial charge in [-0.3, -0.25) is 0 Å². The summed E-state index contributed by atoms with van der Waals surface area (Å²) in [6, 6.07) is 17.5. The molecule has 0 aliphatic rings. The summed E-state index contributed by atoms with van der Waals surface area (Å²) >= 11 is 1.75. The highest BCUT2D eigenvalue weighted by Crippen LogP contribution is 2.31. The van der Waals surface area contributed by atoms with Crippen LogP contribution >= 0.6 is 11.3 Å². The summed E-state index contributed by atoms with van der Waals surface area (Å²) in [6.07, 6.45) is 0. The highest BCUT2D eigenvalue weighted by Gasteiger charge is 2.20. The molecule has 0 N–H and O–H groups in total. The quantitative estimate of drug-likeness (QED) is 0.420. The van der Waals surface area contributed by atoms with Crippen LogP contribution in [0.5, 0.6) is 0 Å². The Morgan fingerprint density at radius 2 is 1.58 bits per heavy atom. The van der Waals surface area contributed by atoms with Crippen molar-refractivity contribution in [2.24, 2.45) is 7.05 Å². The predicted molar refractivity (Wildman–Crippen MR) is 111 cm³/mol. The van der Waals surface area contributed by atoms with E-state index in [1.807, 2.05) is 0 Å². The SMILES string of the molecule is Cc1ccc(-c2nc3c(ccc(-c4cc(C)cc(C)c4C)[n+]3C)s2)cc1. The normalized spacial score (nSPS) is 11.3. The zero-order valence-electron chi connectivity index (χ0n) is 15.9. The molecule has 0 saturated carbocycles. The van der Waals surface area contributed by atoms with Crippen LogP contribution in [0.15, 0.2) is 48.5 Å². The molecule has 130 valence electrons. The van der Waals surface area contributed by atoms with Gasteiger partial charge >= 0.3 is 5.65 Å². The molecule has 0 aliphatic heterocycles. The fourth-order valence-corrected chi connectivity index (χ4v) is 4.45. The standard InChI is InChI=1S/C23H23N2S/c1-14-6-8-18(9-7-14)23-24-22-21(26-23)11-10-20(25(22)5)19-13-15(2)12-16(3)17(19)4/h6-13H,1-5H3/q+1. The minimum atomic E-state index is 1.04. The summed E-state index contributed by atoms with van der Waals surface area (Å²) in [7, 11) is 2.12. The molecule has 2 aromatic heterocycles. The molecule has 0 amide bonds. The van der Waals surface area contributed by atoms with Gasteiger partial charge in [-0.25, -0.2) is 4.57 Å². The number of fused-ring (bicyclic) bond motifs is 1. The highest BCUT2D eigenvalue weighted by atomic mass is 32.1. The summed E-state index contributed by atoms with van der Waals surface area (Å²) in [5, 5.41) is 1.07. The molecular formula is C23H23N2S+. The van der Waals surface area contributed by atoms with Crippen molar-refractivity contribution in [3.8, 4) is 21.8 Å². The van der Waals surface area contributed by atoms with Crippen LogP contribution in [-0.4, -0.2) is 4.98 Å². The fourth-order valence-electron chi connectivity index (χ4n) is 3.45. The van der Waals surface area contributed by atoms with Crippen LogP contribution in [0.4, 0.5) is 0 Å². The summed E-state index contributed by atoms with van der Waals surface area (Å²) in [5.41, 5.74) is 9.95. The Hall–Kier alpha value is -2.52. The highest BCUT2D eigenvalue weighted by molar-refractivity contribution is 7.21. The molecule has 26 heavy (non-hydrogen) atoms. The second kappa shape index (κ2) is 6.33. The van der Waals surface area contributed by atoms with Crippen LogP contribution < -0.4 is 4.57 Å². The zero-order valence-corrected chi connectivity index (χ0v) is 16.7. The number of nitrogens with zero attached hydrogens (tertiary/aromatic N) is 2. The third kappa shape index (κ3) is 2.82. The molecule has 4 aromatic rings. The number of thiazole rings is 1. The largest absolute Gasteiger partial charge is 0.342 e. The molecule has 0 saturated heterocycles. The Bertz CT molecular complexity index is 1120. The molecule has 0 atom stereocenters. The van der Waals surface area contributed by atoms with Crippen LogP contribution in [0.1, 0.15) is 22.3 Å². The lowest BCUT2D eigenvalue weighted by Gasteiger charge is -2.11. The molecule has 0 bridgehead atoms. The van der Waals surface area contributed by atoms with Crippen molar-refractivity contribution in [2.75, 3.05) is 0 Å². The predicted octanol–water partition coefficient (Wildman–Crippen LogP) is 5.69. The summed E-state index contributed by atoms with van der Waals surface area (Å²) in [6.45, 7) is 8.66. The van der Waals surface area contributed by atoms with E-state index in [1.54, 1.807) is 11.3 Å². The number of hydrogen-bond acceptors (Lipinski definition) is 2. The topological polar surface area (TPSA) is 16.8 Å². The number of benzene rings is 2. The minimum Gasteiger partial charge on any atom is -0.225 e. The van der Waals surface area contributed by atoms with Gasteiger partial charge in [0.05, 0.1) is 7.05 Å². The van der Waals surface area contributed by atoms with Crippen molar-refractivity contribution >= 4 is 21.7 Å². The van der Waals surface area contributed by atoms with Gasteiger partial charge in [0.2, 0.25) is 5.01 Å². The van der Waals surface area contributed by atoms with Crippen LogP contribution in [0, 0.1) is 27.7 Å². The van der Waals surface area contributed by atoms with Crippen LogP contribution in [0.3, 0.4) is 0 Å². The Labute approximate surface area is 158 Å². The van der Waals surface area contributed by atoms with Gasteiger partial charge in [-0.05, 0) is 74.1 Å². The molecule has 2 nitrogen and oxygen atoms in total. The second-order valence-electron chi connectivity index (χ2n) is 7.10.